The maximum Gasteiger partial charge on any atom is 0.171 e. The minimum atomic E-state index is 0.512. The van der Waals surface area contributed by atoms with Gasteiger partial charge in [-0.2, -0.15) is 0 Å². The summed E-state index contributed by atoms with van der Waals surface area (Å²) in [5, 5.41) is 3.43. The highest BCUT2D eigenvalue weighted by atomic mass is 16.5. The lowest BCUT2D eigenvalue weighted by Crippen LogP contribution is -2.44. The van der Waals surface area contributed by atoms with Crippen molar-refractivity contribution in [2.24, 2.45) is 0 Å². The summed E-state index contributed by atoms with van der Waals surface area (Å²) in [6.07, 6.45) is 4.27. The molecule has 17 heavy (non-hydrogen) atoms. The smallest absolute Gasteiger partial charge is 0.171 e. The molecule has 1 saturated heterocycles. The van der Waals surface area contributed by atoms with Crippen molar-refractivity contribution in [2.75, 3.05) is 31.6 Å². The van der Waals surface area contributed by atoms with Crippen molar-refractivity contribution in [1.29, 1.82) is 0 Å². The Kier molecular flexibility index (Phi) is 4.20. The van der Waals surface area contributed by atoms with Crippen LogP contribution < -0.4 is 15.0 Å². The second-order valence-corrected chi connectivity index (χ2v) is 4.37. The van der Waals surface area contributed by atoms with E-state index in [1.54, 1.807) is 0 Å². The molecule has 0 aliphatic carbocycles. The minimum Gasteiger partial charge on any atom is -0.490 e. The second kappa shape index (κ2) is 5.87. The third kappa shape index (κ3) is 2.88. The third-order valence-electron chi connectivity index (χ3n) is 3.20. The van der Waals surface area contributed by atoms with Crippen LogP contribution in [0, 0.1) is 0 Å². The monoisotopic (exact) mass is 235 g/mol. The number of nitrogens with zero attached hydrogens (tertiary/aromatic N) is 2. The van der Waals surface area contributed by atoms with Crippen LogP contribution in [0.15, 0.2) is 18.3 Å². The predicted octanol–water partition coefficient (Wildman–Crippen LogP) is 1.67. The maximum absolute atomic E-state index is 5.62. The zero-order chi connectivity index (χ0) is 12.1. The van der Waals surface area contributed by atoms with Gasteiger partial charge in [-0.1, -0.05) is 0 Å². The molecule has 2 rings (SSSR count). The molecule has 1 atom stereocenters. The van der Waals surface area contributed by atoms with Gasteiger partial charge in [0, 0.05) is 25.8 Å². The van der Waals surface area contributed by atoms with Gasteiger partial charge in [-0.25, -0.2) is 4.98 Å². The van der Waals surface area contributed by atoms with Crippen LogP contribution in [0.25, 0.3) is 0 Å². The number of hydrogen-bond donors (Lipinski definition) is 1. The first-order valence-corrected chi connectivity index (χ1v) is 6.34. The van der Waals surface area contributed by atoms with Crippen molar-refractivity contribution in [2.45, 2.75) is 25.8 Å². The van der Waals surface area contributed by atoms with Crippen molar-refractivity contribution in [3.8, 4) is 5.75 Å². The van der Waals surface area contributed by atoms with Gasteiger partial charge in [-0.05, 0) is 38.4 Å². The standard InChI is InChI=1S/C13H21N3O/c1-3-17-12-7-5-9-15-13(12)16(2)11-6-4-8-14-10-11/h5,7,9,11,14H,3-4,6,8,10H2,1-2H3. The summed E-state index contributed by atoms with van der Waals surface area (Å²) in [4.78, 5) is 6.68. The first kappa shape index (κ1) is 12.2. The Morgan fingerprint density at radius 1 is 1.59 bits per heavy atom. The number of nitrogens with one attached hydrogen (secondary N) is 1. The maximum atomic E-state index is 5.62. The normalized spacial score (nSPS) is 20.0. The second-order valence-electron chi connectivity index (χ2n) is 4.37. The van der Waals surface area contributed by atoms with Crippen LogP contribution >= 0.6 is 0 Å². The van der Waals surface area contributed by atoms with E-state index in [1.165, 1.54) is 12.8 Å². The summed E-state index contributed by atoms with van der Waals surface area (Å²) in [5.41, 5.74) is 0. The molecule has 0 radical (unpaired) electrons. The van der Waals surface area contributed by atoms with E-state index < -0.39 is 0 Å². The van der Waals surface area contributed by atoms with Crippen LogP contribution in [-0.4, -0.2) is 37.8 Å². The highest BCUT2D eigenvalue weighted by Crippen LogP contribution is 2.27. The van der Waals surface area contributed by atoms with Crippen molar-refractivity contribution in [1.82, 2.24) is 10.3 Å². The molecule has 1 N–H and O–H groups in total. The van der Waals surface area contributed by atoms with Gasteiger partial charge in [0.1, 0.15) is 0 Å². The van der Waals surface area contributed by atoms with E-state index in [-0.39, 0.29) is 0 Å². The van der Waals surface area contributed by atoms with Crippen molar-refractivity contribution < 1.29 is 4.74 Å². The lowest BCUT2D eigenvalue weighted by Gasteiger charge is -2.33. The Bertz CT molecular complexity index is 350. The Balaban J connectivity index is 2.14. The number of ether oxygens (including phenoxy) is 1. The number of anilines is 1. The van der Waals surface area contributed by atoms with Gasteiger partial charge in [0.15, 0.2) is 11.6 Å². The molecule has 4 heteroatoms. The molecular weight excluding hydrogens is 214 g/mol. The Morgan fingerprint density at radius 3 is 3.18 bits per heavy atom. The van der Waals surface area contributed by atoms with Gasteiger partial charge in [0.05, 0.1) is 6.61 Å². The van der Waals surface area contributed by atoms with Crippen LogP contribution in [0.1, 0.15) is 19.8 Å². The fourth-order valence-corrected chi connectivity index (χ4v) is 2.25. The molecule has 0 aromatic carbocycles. The van der Waals surface area contributed by atoms with E-state index in [4.69, 9.17) is 4.74 Å². The molecule has 1 aromatic heterocycles. The number of likely N-dealkylation sites (N-methyl/N-ethyl adjacent to an activating group) is 1. The van der Waals surface area contributed by atoms with E-state index in [0.29, 0.717) is 12.6 Å². The summed E-state index contributed by atoms with van der Waals surface area (Å²) in [6, 6.07) is 4.41. The van der Waals surface area contributed by atoms with Crippen LogP contribution in [-0.2, 0) is 0 Å². The molecule has 1 aliphatic rings. The van der Waals surface area contributed by atoms with E-state index in [9.17, 15) is 0 Å². The Morgan fingerprint density at radius 2 is 2.47 bits per heavy atom. The zero-order valence-electron chi connectivity index (χ0n) is 10.6. The molecule has 0 spiro atoms. The topological polar surface area (TPSA) is 37.4 Å². The van der Waals surface area contributed by atoms with Gasteiger partial charge in [-0.15, -0.1) is 0 Å². The van der Waals surface area contributed by atoms with Gasteiger partial charge < -0.3 is 15.0 Å². The van der Waals surface area contributed by atoms with Gasteiger partial charge in [0.2, 0.25) is 0 Å². The Hall–Kier alpha value is -1.29. The molecule has 1 aliphatic heterocycles. The molecular formula is C13H21N3O. The van der Waals surface area contributed by atoms with E-state index in [1.807, 2.05) is 25.3 Å². The fraction of sp³-hybridized carbons (Fsp3) is 0.615. The third-order valence-corrected chi connectivity index (χ3v) is 3.20. The first-order valence-electron chi connectivity index (χ1n) is 6.34. The summed E-state index contributed by atoms with van der Waals surface area (Å²) < 4.78 is 5.62. The molecule has 0 saturated carbocycles. The lowest BCUT2D eigenvalue weighted by molar-refractivity contribution is 0.337. The summed E-state index contributed by atoms with van der Waals surface area (Å²) in [7, 11) is 2.10. The average molecular weight is 235 g/mol. The molecule has 0 bridgehead atoms. The number of hydrogen-bond acceptors (Lipinski definition) is 4. The first-order chi connectivity index (χ1) is 8.33. The molecule has 1 aromatic rings. The molecule has 1 fully saturated rings. The quantitative estimate of drug-likeness (QED) is 0.861. The predicted molar refractivity (Wildman–Crippen MR) is 69.7 cm³/mol. The largest absolute Gasteiger partial charge is 0.490 e. The highest BCUT2D eigenvalue weighted by Gasteiger charge is 2.21. The van der Waals surface area contributed by atoms with E-state index in [0.717, 1.165) is 24.7 Å². The zero-order valence-corrected chi connectivity index (χ0v) is 10.6. The van der Waals surface area contributed by atoms with E-state index >= 15 is 0 Å². The molecule has 94 valence electrons. The van der Waals surface area contributed by atoms with E-state index in [2.05, 4.69) is 22.2 Å². The summed E-state index contributed by atoms with van der Waals surface area (Å²) in [5.74, 6) is 1.83. The van der Waals surface area contributed by atoms with Crippen molar-refractivity contribution in [3.63, 3.8) is 0 Å². The van der Waals surface area contributed by atoms with Crippen molar-refractivity contribution in [3.05, 3.63) is 18.3 Å². The summed E-state index contributed by atoms with van der Waals surface area (Å²) in [6.45, 7) is 4.83. The van der Waals surface area contributed by atoms with Crippen molar-refractivity contribution >= 4 is 5.82 Å². The lowest BCUT2D eigenvalue weighted by atomic mass is 10.1. The van der Waals surface area contributed by atoms with Crippen LogP contribution in [0.5, 0.6) is 5.75 Å². The average Bonchev–Trinajstić information content (AvgIpc) is 2.40. The van der Waals surface area contributed by atoms with Gasteiger partial charge in [0.25, 0.3) is 0 Å². The van der Waals surface area contributed by atoms with Gasteiger partial charge in [-0.3, -0.25) is 0 Å². The minimum absolute atomic E-state index is 0.512. The number of rotatable bonds is 4. The molecule has 4 nitrogen and oxygen atoms in total. The van der Waals surface area contributed by atoms with Crippen LogP contribution in [0.4, 0.5) is 5.82 Å². The van der Waals surface area contributed by atoms with Crippen LogP contribution in [0.3, 0.4) is 0 Å². The van der Waals surface area contributed by atoms with Gasteiger partial charge >= 0.3 is 0 Å². The van der Waals surface area contributed by atoms with Crippen LogP contribution in [0.2, 0.25) is 0 Å². The number of aromatic nitrogens is 1. The summed E-state index contributed by atoms with van der Waals surface area (Å²) >= 11 is 0. The number of pyridine rings is 1. The number of piperidine rings is 1. The fourth-order valence-electron chi connectivity index (χ4n) is 2.25. The SMILES string of the molecule is CCOc1cccnc1N(C)C1CCCNC1. The molecule has 1 unspecified atom stereocenters. The molecule has 0 amide bonds. The molecule has 2 heterocycles. The Labute approximate surface area is 103 Å². The highest BCUT2D eigenvalue weighted by molar-refractivity contribution is 5.52.